The van der Waals surface area contributed by atoms with Crippen LogP contribution in [0.1, 0.15) is 49.6 Å². The first kappa shape index (κ1) is 20.4. The maximum absolute atomic E-state index is 13.0. The van der Waals surface area contributed by atoms with Gasteiger partial charge >= 0.3 is 0 Å². The lowest BCUT2D eigenvalue weighted by atomic mass is 9.83. The van der Waals surface area contributed by atoms with Crippen LogP contribution in [0.3, 0.4) is 0 Å². The van der Waals surface area contributed by atoms with Crippen LogP contribution in [0, 0.1) is 5.92 Å². The minimum absolute atomic E-state index is 0.103. The van der Waals surface area contributed by atoms with Crippen molar-refractivity contribution in [1.29, 1.82) is 0 Å². The van der Waals surface area contributed by atoms with Crippen molar-refractivity contribution >= 4 is 33.0 Å². The van der Waals surface area contributed by atoms with Crippen molar-refractivity contribution in [1.82, 2.24) is 5.43 Å². The highest BCUT2D eigenvalue weighted by Gasteiger charge is 2.33. The molecule has 1 N–H and O–H groups in total. The van der Waals surface area contributed by atoms with Gasteiger partial charge in [0, 0.05) is 10.3 Å². The summed E-state index contributed by atoms with van der Waals surface area (Å²) in [7, 11) is 0. The highest BCUT2D eigenvalue weighted by Crippen LogP contribution is 2.40. The third kappa shape index (κ3) is 3.67. The van der Waals surface area contributed by atoms with Crippen molar-refractivity contribution in [2.75, 3.05) is 13.2 Å². The number of benzene rings is 2. The van der Waals surface area contributed by atoms with E-state index in [0.717, 1.165) is 27.1 Å². The Labute approximate surface area is 180 Å². The van der Waals surface area contributed by atoms with E-state index in [9.17, 15) is 4.79 Å². The molecule has 30 heavy (non-hydrogen) atoms. The molecule has 0 bridgehead atoms. The van der Waals surface area contributed by atoms with Gasteiger partial charge in [-0.2, -0.15) is 5.10 Å². The van der Waals surface area contributed by atoms with E-state index in [1.807, 2.05) is 38.1 Å². The van der Waals surface area contributed by atoms with Gasteiger partial charge in [-0.05, 0) is 55.0 Å². The quantitative estimate of drug-likeness (QED) is 0.585. The van der Waals surface area contributed by atoms with Crippen molar-refractivity contribution in [3.63, 3.8) is 0 Å². The number of hydrogen-bond donors (Lipinski definition) is 1. The predicted molar refractivity (Wildman–Crippen MR) is 122 cm³/mol. The molecule has 0 saturated carbocycles. The molecule has 0 spiro atoms. The van der Waals surface area contributed by atoms with Crippen LogP contribution in [0.25, 0.3) is 10.1 Å². The molecule has 0 fully saturated rings. The normalized spacial score (nSPS) is 16.1. The number of hydrogen-bond acceptors (Lipinski definition) is 5. The molecule has 2 aromatic carbocycles. The van der Waals surface area contributed by atoms with E-state index in [4.69, 9.17) is 9.47 Å². The molecule has 1 aromatic heterocycles. The molecule has 6 heteroatoms. The van der Waals surface area contributed by atoms with Gasteiger partial charge in [0.25, 0.3) is 0 Å². The molecular formula is C24H26N2O3S. The monoisotopic (exact) mass is 422 g/mol. The highest BCUT2D eigenvalue weighted by atomic mass is 32.1. The molecule has 4 rings (SSSR count). The second kappa shape index (κ2) is 8.48. The zero-order valence-electron chi connectivity index (χ0n) is 17.7. The van der Waals surface area contributed by atoms with Crippen LogP contribution < -0.4 is 14.9 Å². The summed E-state index contributed by atoms with van der Waals surface area (Å²) < 4.78 is 12.9. The molecule has 1 atom stereocenters. The van der Waals surface area contributed by atoms with Crippen LogP contribution in [0.2, 0.25) is 0 Å². The van der Waals surface area contributed by atoms with Crippen LogP contribution >= 0.6 is 11.3 Å². The Morgan fingerprint density at radius 1 is 1.07 bits per heavy atom. The maximum atomic E-state index is 13.0. The molecule has 0 aliphatic carbocycles. The zero-order valence-corrected chi connectivity index (χ0v) is 18.5. The third-order valence-electron chi connectivity index (χ3n) is 5.19. The number of fused-ring (bicyclic) bond motifs is 2. The number of ether oxygens (including phenoxy) is 2. The fraction of sp³-hybridized carbons (Fsp3) is 0.333. The molecule has 1 aliphatic rings. The van der Waals surface area contributed by atoms with Crippen molar-refractivity contribution < 1.29 is 14.3 Å². The lowest BCUT2D eigenvalue weighted by Crippen LogP contribution is -2.27. The summed E-state index contributed by atoms with van der Waals surface area (Å²) in [6, 6.07) is 14.3. The Morgan fingerprint density at radius 3 is 2.43 bits per heavy atom. The summed E-state index contributed by atoms with van der Waals surface area (Å²) in [5.74, 6) is 1.01. The fourth-order valence-electron chi connectivity index (χ4n) is 3.90. The lowest BCUT2D eigenvalue weighted by Gasteiger charge is -2.22. The van der Waals surface area contributed by atoms with Crippen LogP contribution in [-0.2, 0) is 4.79 Å². The molecule has 1 aliphatic heterocycles. The van der Waals surface area contributed by atoms with Gasteiger partial charge in [0.15, 0.2) is 11.5 Å². The van der Waals surface area contributed by atoms with Crippen molar-refractivity contribution in [3.05, 3.63) is 58.5 Å². The van der Waals surface area contributed by atoms with Gasteiger partial charge in [-0.1, -0.05) is 32.0 Å². The average Bonchev–Trinajstić information content (AvgIpc) is 3.08. The SMILES string of the molecule is CCOc1cc2c(cc1OCC)C(C(C)C)C(=O)NN=C2c1cc2ccccc2s1. The van der Waals surface area contributed by atoms with Crippen LogP contribution in [0.5, 0.6) is 11.5 Å². The lowest BCUT2D eigenvalue weighted by molar-refractivity contribution is -0.123. The average molecular weight is 423 g/mol. The number of nitrogens with one attached hydrogen (secondary N) is 1. The summed E-state index contributed by atoms with van der Waals surface area (Å²) in [6.07, 6.45) is 0. The Bertz CT molecular complexity index is 1080. The van der Waals surface area contributed by atoms with E-state index in [2.05, 4.69) is 42.6 Å². The summed E-state index contributed by atoms with van der Waals surface area (Å²) in [5.41, 5.74) is 5.38. The molecule has 0 radical (unpaired) electrons. The summed E-state index contributed by atoms with van der Waals surface area (Å²) in [4.78, 5) is 14.0. The number of carbonyl (C=O) groups excluding carboxylic acids is 1. The van der Waals surface area contributed by atoms with Crippen LogP contribution in [0.15, 0.2) is 47.6 Å². The third-order valence-corrected chi connectivity index (χ3v) is 6.31. The first-order valence-corrected chi connectivity index (χ1v) is 11.2. The number of thiophene rings is 1. The number of hydrazone groups is 1. The zero-order chi connectivity index (χ0) is 21.3. The smallest absolute Gasteiger partial charge is 0.247 e. The van der Waals surface area contributed by atoms with E-state index in [-0.39, 0.29) is 17.7 Å². The first-order valence-electron chi connectivity index (χ1n) is 10.3. The second-order valence-corrected chi connectivity index (χ2v) is 8.64. The van der Waals surface area contributed by atoms with Gasteiger partial charge < -0.3 is 9.47 Å². The number of carbonyl (C=O) groups is 1. The summed E-state index contributed by atoms with van der Waals surface area (Å²) in [6.45, 7) is 9.04. The fourth-order valence-corrected chi connectivity index (χ4v) is 4.97. The van der Waals surface area contributed by atoms with Gasteiger partial charge in [0.2, 0.25) is 5.91 Å². The number of nitrogens with zero attached hydrogens (tertiary/aromatic N) is 1. The molecule has 3 aromatic rings. The van der Waals surface area contributed by atoms with Crippen molar-refractivity contribution in [2.24, 2.45) is 11.0 Å². The second-order valence-electron chi connectivity index (χ2n) is 7.56. The standard InChI is InChI=1S/C24H26N2O3S/c1-5-28-18-12-16-17(13-19(18)29-6-2)23(25-26-24(27)22(16)14(3)4)21-11-15-9-7-8-10-20(15)30-21/h7-14,22H,5-6H2,1-4H3,(H,26,27). The van der Waals surface area contributed by atoms with E-state index in [1.54, 1.807) is 11.3 Å². The molecule has 5 nitrogen and oxygen atoms in total. The largest absolute Gasteiger partial charge is 0.490 e. The topological polar surface area (TPSA) is 59.9 Å². The predicted octanol–water partition coefficient (Wildman–Crippen LogP) is 5.32. The van der Waals surface area contributed by atoms with E-state index in [0.29, 0.717) is 24.7 Å². The van der Waals surface area contributed by atoms with E-state index < -0.39 is 0 Å². The first-order chi connectivity index (χ1) is 14.5. The van der Waals surface area contributed by atoms with Crippen LogP contribution in [-0.4, -0.2) is 24.8 Å². The van der Waals surface area contributed by atoms with Gasteiger partial charge in [0.05, 0.1) is 24.0 Å². The molecule has 1 unspecified atom stereocenters. The minimum atomic E-state index is -0.328. The van der Waals surface area contributed by atoms with Crippen molar-refractivity contribution in [2.45, 2.75) is 33.6 Å². The van der Waals surface area contributed by atoms with Gasteiger partial charge in [0.1, 0.15) is 5.71 Å². The molecule has 156 valence electrons. The molecule has 2 heterocycles. The Morgan fingerprint density at radius 2 is 1.77 bits per heavy atom. The van der Waals surface area contributed by atoms with Crippen LogP contribution in [0.4, 0.5) is 0 Å². The molecule has 0 saturated heterocycles. The van der Waals surface area contributed by atoms with Gasteiger partial charge in [-0.25, -0.2) is 5.43 Å². The van der Waals surface area contributed by atoms with Gasteiger partial charge in [-0.15, -0.1) is 11.3 Å². The van der Waals surface area contributed by atoms with Crippen molar-refractivity contribution in [3.8, 4) is 11.5 Å². The van der Waals surface area contributed by atoms with E-state index in [1.165, 1.54) is 4.70 Å². The summed E-state index contributed by atoms with van der Waals surface area (Å²) in [5, 5.41) is 5.71. The summed E-state index contributed by atoms with van der Waals surface area (Å²) >= 11 is 1.67. The highest BCUT2D eigenvalue weighted by molar-refractivity contribution is 7.21. The molecular weight excluding hydrogens is 396 g/mol. The Balaban J connectivity index is 1.95. The molecule has 1 amide bonds. The Kier molecular flexibility index (Phi) is 5.77. The van der Waals surface area contributed by atoms with Gasteiger partial charge in [-0.3, -0.25) is 4.79 Å². The number of amides is 1. The van der Waals surface area contributed by atoms with E-state index >= 15 is 0 Å². The Hall–Kier alpha value is -2.86. The minimum Gasteiger partial charge on any atom is -0.490 e. The number of rotatable bonds is 6. The maximum Gasteiger partial charge on any atom is 0.247 e.